The predicted octanol–water partition coefficient (Wildman–Crippen LogP) is 3.71. The molecule has 1 aromatic heterocycles. The quantitative estimate of drug-likeness (QED) is 0.855. The molecule has 0 fully saturated rings. The molecule has 2 rings (SSSR count). The summed E-state index contributed by atoms with van der Waals surface area (Å²) in [4.78, 5) is 9.23. The number of halogens is 1. The van der Waals surface area contributed by atoms with Crippen LogP contribution in [0.25, 0.3) is 5.57 Å². The first-order valence-electron chi connectivity index (χ1n) is 5.41. The number of thiazole rings is 1. The summed E-state index contributed by atoms with van der Waals surface area (Å²) in [5.74, 6) is -0.247. The fourth-order valence-corrected chi connectivity index (χ4v) is 2.34. The number of allylic oxidation sites excluding steroid dienone is 1. The number of anilines is 1. The highest BCUT2D eigenvalue weighted by atomic mass is 32.1. The van der Waals surface area contributed by atoms with Gasteiger partial charge < -0.3 is 0 Å². The molecule has 0 radical (unpaired) electrons. The predicted molar refractivity (Wildman–Crippen MR) is 71.9 cm³/mol. The van der Waals surface area contributed by atoms with Crippen LogP contribution in [0.2, 0.25) is 0 Å². The van der Waals surface area contributed by atoms with Crippen LogP contribution in [0.15, 0.2) is 35.9 Å². The van der Waals surface area contributed by atoms with Gasteiger partial charge in [-0.25, -0.2) is 9.37 Å². The monoisotopic (exact) mass is 264 g/mol. The molecule has 0 bridgehead atoms. The Bertz CT molecular complexity index is 548. The van der Waals surface area contributed by atoms with E-state index in [1.807, 2.05) is 13.0 Å². The average molecular weight is 264 g/mol. The Labute approximate surface area is 109 Å². The van der Waals surface area contributed by atoms with E-state index in [0.717, 1.165) is 21.8 Å². The molecule has 0 amide bonds. The smallest absolute Gasteiger partial charge is 0.141 e. The van der Waals surface area contributed by atoms with Crippen molar-refractivity contribution >= 4 is 21.9 Å². The van der Waals surface area contributed by atoms with E-state index in [2.05, 4.69) is 10.5 Å². The highest BCUT2D eigenvalue weighted by Crippen LogP contribution is 2.31. The lowest BCUT2D eigenvalue weighted by Gasteiger charge is -2.08. The second-order valence-corrected chi connectivity index (χ2v) is 4.40. The van der Waals surface area contributed by atoms with Crippen LogP contribution < -0.4 is 5.48 Å². The summed E-state index contributed by atoms with van der Waals surface area (Å²) in [6.07, 6.45) is 1.95. The zero-order chi connectivity index (χ0) is 13.0. The van der Waals surface area contributed by atoms with Gasteiger partial charge in [-0.1, -0.05) is 18.2 Å². The molecule has 0 saturated carbocycles. The van der Waals surface area contributed by atoms with E-state index in [1.165, 1.54) is 23.5 Å². The minimum absolute atomic E-state index is 0.247. The molecule has 0 aliphatic rings. The van der Waals surface area contributed by atoms with Crippen molar-refractivity contribution in [1.29, 1.82) is 0 Å². The standard InChI is InChI=1S/C13H13FN2OS/c1-3-11(9-4-6-10(14)7-5-9)12-13(16-17-2)18-8-15-12/h3-8,16H,1-2H3/b11-3-. The van der Waals surface area contributed by atoms with Gasteiger partial charge in [0.05, 0.1) is 12.6 Å². The Morgan fingerprint density at radius 1 is 1.39 bits per heavy atom. The first-order chi connectivity index (χ1) is 8.76. The van der Waals surface area contributed by atoms with Crippen molar-refractivity contribution in [2.45, 2.75) is 6.92 Å². The van der Waals surface area contributed by atoms with Gasteiger partial charge in [0.25, 0.3) is 0 Å². The molecule has 5 heteroatoms. The summed E-state index contributed by atoms with van der Waals surface area (Å²) in [5.41, 5.74) is 7.20. The van der Waals surface area contributed by atoms with E-state index in [-0.39, 0.29) is 5.82 Å². The second kappa shape index (κ2) is 5.75. The molecule has 1 N–H and O–H groups in total. The number of hydrogen-bond donors (Lipinski definition) is 1. The summed E-state index contributed by atoms with van der Waals surface area (Å²) in [7, 11) is 1.55. The number of aromatic nitrogens is 1. The lowest BCUT2D eigenvalue weighted by atomic mass is 10.0. The number of nitrogens with zero attached hydrogens (tertiary/aromatic N) is 1. The van der Waals surface area contributed by atoms with Crippen LogP contribution in [0.3, 0.4) is 0 Å². The SMILES string of the molecule is C/C=C(/c1ccc(F)cc1)c1ncsc1NOC. The highest BCUT2D eigenvalue weighted by Gasteiger charge is 2.12. The van der Waals surface area contributed by atoms with Crippen molar-refractivity contribution < 1.29 is 9.23 Å². The molecule has 1 heterocycles. The summed E-state index contributed by atoms with van der Waals surface area (Å²) < 4.78 is 12.9. The van der Waals surface area contributed by atoms with Gasteiger partial charge in [0.1, 0.15) is 16.5 Å². The fraction of sp³-hybridized carbons (Fsp3) is 0.154. The van der Waals surface area contributed by atoms with E-state index in [1.54, 1.807) is 24.8 Å². The van der Waals surface area contributed by atoms with Gasteiger partial charge in [0, 0.05) is 5.57 Å². The molecule has 94 valence electrons. The average Bonchev–Trinajstić information content (AvgIpc) is 2.82. The molecule has 2 aromatic rings. The molecule has 0 unspecified atom stereocenters. The van der Waals surface area contributed by atoms with E-state index >= 15 is 0 Å². The molecule has 3 nitrogen and oxygen atoms in total. The van der Waals surface area contributed by atoms with Gasteiger partial charge >= 0.3 is 0 Å². The molecule has 0 aliphatic carbocycles. The van der Waals surface area contributed by atoms with Gasteiger partial charge in [-0.2, -0.15) is 0 Å². The van der Waals surface area contributed by atoms with E-state index in [0.29, 0.717) is 0 Å². The van der Waals surface area contributed by atoms with Crippen LogP contribution in [-0.4, -0.2) is 12.1 Å². The van der Waals surface area contributed by atoms with Crippen LogP contribution in [0.5, 0.6) is 0 Å². The van der Waals surface area contributed by atoms with E-state index < -0.39 is 0 Å². The summed E-state index contributed by atoms with van der Waals surface area (Å²) in [5, 5.41) is 0.829. The normalized spacial score (nSPS) is 11.6. The maximum absolute atomic E-state index is 12.9. The zero-order valence-electron chi connectivity index (χ0n) is 10.1. The van der Waals surface area contributed by atoms with Crippen molar-refractivity contribution in [1.82, 2.24) is 4.98 Å². The Hall–Kier alpha value is -1.72. The van der Waals surface area contributed by atoms with Crippen molar-refractivity contribution in [3.63, 3.8) is 0 Å². The van der Waals surface area contributed by atoms with Gasteiger partial charge in [-0.15, -0.1) is 11.3 Å². The van der Waals surface area contributed by atoms with Crippen molar-refractivity contribution in [3.8, 4) is 0 Å². The topological polar surface area (TPSA) is 34.2 Å². The molecular formula is C13H13FN2OS. The van der Waals surface area contributed by atoms with Crippen molar-refractivity contribution in [2.75, 3.05) is 12.6 Å². The molecule has 18 heavy (non-hydrogen) atoms. The maximum atomic E-state index is 12.9. The summed E-state index contributed by atoms with van der Waals surface area (Å²) in [6, 6.07) is 6.35. The van der Waals surface area contributed by atoms with Crippen molar-refractivity contribution in [2.24, 2.45) is 0 Å². The lowest BCUT2D eigenvalue weighted by Crippen LogP contribution is -1.98. The third-order valence-corrected chi connectivity index (χ3v) is 3.18. The van der Waals surface area contributed by atoms with Gasteiger partial charge in [0.2, 0.25) is 0 Å². The first-order valence-corrected chi connectivity index (χ1v) is 6.29. The molecular weight excluding hydrogens is 251 g/mol. The fourth-order valence-electron chi connectivity index (χ4n) is 1.67. The van der Waals surface area contributed by atoms with E-state index in [4.69, 9.17) is 4.84 Å². The molecule has 0 spiro atoms. The molecule has 1 aromatic carbocycles. The van der Waals surface area contributed by atoms with Gasteiger partial charge in [-0.05, 0) is 24.6 Å². The van der Waals surface area contributed by atoms with Crippen LogP contribution in [0, 0.1) is 5.82 Å². The number of hydrogen-bond acceptors (Lipinski definition) is 4. The summed E-state index contributed by atoms with van der Waals surface area (Å²) in [6.45, 7) is 1.93. The first kappa shape index (κ1) is 12.7. The van der Waals surface area contributed by atoms with Crippen LogP contribution >= 0.6 is 11.3 Å². The van der Waals surface area contributed by atoms with Gasteiger partial charge in [0.15, 0.2) is 0 Å². The van der Waals surface area contributed by atoms with E-state index in [9.17, 15) is 4.39 Å². The van der Waals surface area contributed by atoms with Crippen molar-refractivity contribution in [3.05, 3.63) is 52.9 Å². The Morgan fingerprint density at radius 3 is 2.72 bits per heavy atom. The third-order valence-electron chi connectivity index (χ3n) is 2.46. The Balaban J connectivity index is 2.40. The number of benzene rings is 1. The maximum Gasteiger partial charge on any atom is 0.141 e. The Kier molecular flexibility index (Phi) is 4.07. The highest BCUT2D eigenvalue weighted by molar-refractivity contribution is 7.14. The summed E-state index contributed by atoms with van der Waals surface area (Å²) >= 11 is 1.45. The van der Waals surface area contributed by atoms with Crippen LogP contribution in [0.4, 0.5) is 9.39 Å². The largest absolute Gasteiger partial charge is 0.279 e. The Morgan fingerprint density at radius 2 is 2.11 bits per heavy atom. The van der Waals surface area contributed by atoms with Crippen LogP contribution in [0.1, 0.15) is 18.2 Å². The molecule has 0 aliphatic heterocycles. The lowest BCUT2D eigenvalue weighted by molar-refractivity contribution is 0.272. The van der Waals surface area contributed by atoms with Crippen LogP contribution in [-0.2, 0) is 4.84 Å². The molecule has 0 atom stereocenters. The number of nitrogens with one attached hydrogen (secondary N) is 1. The minimum Gasteiger partial charge on any atom is -0.279 e. The molecule has 0 saturated heterocycles. The minimum atomic E-state index is -0.247. The zero-order valence-corrected chi connectivity index (χ0v) is 10.9. The third kappa shape index (κ3) is 2.57. The second-order valence-electron chi connectivity index (χ2n) is 3.55. The van der Waals surface area contributed by atoms with Gasteiger partial charge in [-0.3, -0.25) is 10.3 Å². The number of rotatable bonds is 4.